The van der Waals surface area contributed by atoms with E-state index in [1.165, 1.54) is 18.3 Å². The highest BCUT2D eigenvalue weighted by atomic mass is 19.3. The Hall–Kier alpha value is -2.82. The van der Waals surface area contributed by atoms with Gasteiger partial charge in [0.25, 0.3) is 11.8 Å². The zero-order valence-electron chi connectivity index (χ0n) is 12.0. The van der Waals surface area contributed by atoms with Crippen molar-refractivity contribution in [2.24, 2.45) is 0 Å². The Labute approximate surface area is 131 Å². The van der Waals surface area contributed by atoms with Crippen LogP contribution in [0, 0.1) is 0 Å². The van der Waals surface area contributed by atoms with E-state index in [-0.39, 0.29) is 16.9 Å². The van der Waals surface area contributed by atoms with Gasteiger partial charge in [-0.25, -0.2) is 0 Å². The van der Waals surface area contributed by atoms with Crippen LogP contribution in [0.25, 0.3) is 10.8 Å². The lowest BCUT2D eigenvalue weighted by Crippen LogP contribution is -2.33. The third kappa shape index (κ3) is 2.16. The van der Waals surface area contributed by atoms with E-state index in [1.54, 1.807) is 30.3 Å². The molecular formula is C18H12F2N2O. The first-order valence-electron chi connectivity index (χ1n) is 7.20. The van der Waals surface area contributed by atoms with Gasteiger partial charge in [0, 0.05) is 11.8 Å². The smallest absolute Gasteiger partial charge is 0.292 e. The number of halogens is 2. The summed E-state index contributed by atoms with van der Waals surface area (Å²) < 4.78 is 28.8. The van der Waals surface area contributed by atoms with Crippen molar-refractivity contribution in [3.05, 3.63) is 72.1 Å². The fraction of sp³-hybridized carbons (Fsp3) is 0.111. The first-order chi connectivity index (χ1) is 11.1. The van der Waals surface area contributed by atoms with E-state index in [0.717, 1.165) is 15.7 Å². The number of rotatable bonds is 1. The molecule has 2 aromatic carbocycles. The summed E-state index contributed by atoms with van der Waals surface area (Å²) in [6, 6.07) is 15.3. The van der Waals surface area contributed by atoms with Crippen molar-refractivity contribution in [3.63, 3.8) is 0 Å². The van der Waals surface area contributed by atoms with Crippen molar-refractivity contribution in [3.8, 4) is 0 Å². The summed E-state index contributed by atoms with van der Waals surface area (Å²) in [5, 5.41) is 1.56. The molecule has 0 aliphatic carbocycles. The number of alkyl halides is 2. The molecule has 0 unspecified atom stereocenters. The predicted molar refractivity (Wildman–Crippen MR) is 83.8 cm³/mol. The number of benzene rings is 2. The molecule has 1 amide bonds. The molecule has 114 valence electrons. The van der Waals surface area contributed by atoms with Gasteiger partial charge in [-0.3, -0.25) is 9.78 Å². The van der Waals surface area contributed by atoms with Gasteiger partial charge < -0.3 is 4.90 Å². The van der Waals surface area contributed by atoms with Crippen molar-refractivity contribution in [2.45, 2.75) is 5.92 Å². The molecule has 0 saturated heterocycles. The third-order valence-corrected chi connectivity index (χ3v) is 4.03. The van der Waals surface area contributed by atoms with Crippen molar-refractivity contribution in [1.29, 1.82) is 0 Å². The number of anilines is 1. The topological polar surface area (TPSA) is 33.2 Å². The SMILES string of the molecule is O=C(c1ccccn1)N1CC(F)(F)c2cc3ccccc3cc21. The zero-order chi connectivity index (χ0) is 16.0. The van der Waals surface area contributed by atoms with E-state index in [1.807, 2.05) is 12.1 Å². The molecule has 0 atom stereocenters. The molecule has 0 N–H and O–H groups in total. The van der Waals surface area contributed by atoms with Crippen LogP contribution in [0.4, 0.5) is 14.5 Å². The standard InChI is InChI=1S/C18H12F2N2O/c19-18(20)11-22(17(23)15-7-3-4-8-21-15)16-10-13-6-2-1-5-12(13)9-14(16)18/h1-10H,11H2. The summed E-state index contributed by atoms with van der Waals surface area (Å²) >= 11 is 0. The molecule has 5 heteroatoms. The van der Waals surface area contributed by atoms with Crippen LogP contribution in [0.2, 0.25) is 0 Å². The van der Waals surface area contributed by atoms with E-state index in [4.69, 9.17) is 0 Å². The van der Waals surface area contributed by atoms with Crippen LogP contribution in [0.15, 0.2) is 60.8 Å². The molecule has 0 saturated carbocycles. The van der Waals surface area contributed by atoms with Gasteiger partial charge in [-0.05, 0) is 35.0 Å². The molecule has 4 rings (SSSR count). The van der Waals surface area contributed by atoms with Gasteiger partial charge in [0.2, 0.25) is 0 Å². The Morgan fingerprint density at radius 2 is 1.74 bits per heavy atom. The molecule has 1 aromatic heterocycles. The third-order valence-electron chi connectivity index (χ3n) is 4.03. The van der Waals surface area contributed by atoms with Crippen molar-refractivity contribution >= 4 is 22.4 Å². The molecule has 0 bridgehead atoms. The van der Waals surface area contributed by atoms with Crippen LogP contribution >= 0.6 is 0 Å². The molecule has 23 heavy (non-hydrogen) atoms. The van der Waals surface area contributed by atoms with Crippen LogP contribution in [-0.2, 0) is 5.92 Å². The van der Waals surface area contributed by atoms with Crippen LogP contribution < -0.4 is 4.90 Å². The van der Waals surface area contributed by atoms with E-state index in [9.17, 15) is 13.6 Å². The van der Waals surface area contributed by atoms with E-state index in [0.29, 0.717) is 0 Å². The molecule has 1 aliphatic heterocycles. The van der Waals surface area contributed by atoms with Crippen LogP contribution in [0.5, 0.6) is 0 Å². The molecule has 0 fully saturated rings. The normalized spacial score (nSPS) is 15.7. The molecular weight excluding hydrogens is 298 g/mol. The summed E-state index contributed by atoms with van der Waals surface area (Å²) in [7, 11) is 0. The average Bonchev–Trinajstić information content (AvgIpc) is 2.84. The molecule has 1 aliphatic rings. The van der Waals surface area contributed by atoms with E-state index in [2.05, 4.69) is 4.98 Å². The van der Waals surface area contributed by atoms with E-state index >= 15 is 0 Å². The number of carbonyl (C=O) groups excluding carboxylic acids is 1. The Morgan fingerprint density at radius 1 is 1.04 bits per heavy atom. The van der Waals surface area contributed by atoms with Gasteiger partial charge in [0.05, 0.1) is 12.2 Å². The van der Waals surface area contributed by atoms with Crippen molar-refractivity contribution in [1.82, 2.24) is 4.98 Å². The van der Waals surface area contributed by atoms with Crippen molar-refractivity contribution < 1.29 is 13.6 Å². The Kier molecular flexibility index (Phi) is 2.91. The average molecular weight is 310 g/mol. The highest BCUT2D eigenvalue weighted by molar-refractivity contribution is 6.07. The number of pyridine rings is 1. The lowest BCUT2D eigenvalue weighted by atomic mass is 10.0. The Balaban J connectivity index is 1.87. The minimum absolute atomic E-state index is 0.111. The van der Waals surface area contributed by atoms with Gasteiger partial charge in [0.15, 0.2) is 0 Å². The number of hydrogen-bond donors (Lipinski definition) is 0. The monoisotopic (exact) mass is 310 g/mol. The molecule has 0 radical (unpaired) electrons. The van der Waals surface area contributed by atoms with Gasteiger partial charge in [-0.1, -0.05) is 30.3 Å². The van der Waals surface area contributed by atoms with Crippen LogP contribution in [0.1, 0.15) is 16.1 Å². The second-order valence-electron chi connectivity index (χ2n) is 5.53. The Bertz CT molecular complexity index is 909. The largest absolute Gasteiger partial charge is 0.300 e. The maximum Gasteiger partial charge on any atom is 0.292 e. The second kappa shape index (κ2) is 4.84. The fourth-order valence-electron chi connectivity index (χ4n) is 2.92. The number of hydrogen-bond acceptors (Lipinski definition) is 2. The minimum Gasteiger partial charge on any atom is -0.300 e. The quantitative estimate of drug-likeness (QED) is 0.681. The van der Waals surface area contributed by atoms with Gasteiger partial charge in [0.1, 0.15) is 5.69 Å². The lowest BCUT2D eigenvalue weighted by Gasteiger charge is -2.17. The number of aromatic nitrogens is 1. The first kappa shape index (κ1) is 13.8. The zero-order valence-corrected chi connectivity index (χ0v) is 12.0. The molecule has 3 aromatic rings. The van der Waals surface area contributed by atoms with Gasteiger partial charge in [-0.2, -0.15) is 8.78 Å². The minimum atomic E-state index is -3.07. The molecule has 2 heterocycles. The van der Waals surface area contributed by atoms with E-state index < -0.39 is 18.4 Å². The first-order valence-corrected chi connectivity index (χ1v) is 7.20. The number of fused-ring (bicyclic) bond motifs is 2. The molecule has 0 spiro atoms. The van der Waals surface area contributed by atoms with Crippen molar-refractivity contribution in [2.75, 3.05) is 11.4 Å². The number of nitrogens with zero attached hydrogens (tertiary/aromatic N) is 2. The maximum atomic E-state index is 14.4. The summed E-state index contributed by atoms with van der Waals surface area (Å²) in [6.45, 7) is -0.659. The summed E-state index contributed by atoms with van der Waals surface area (Å²) in [5.41, 5.74) is 0.300. The van der Waals surface area contributed by atoms with Gasteiger partial charge >= 0.3 is 0 Å². The fourth-order valence-corrected chi connectivity index (χ4v) is 2.92. The van der Waals surface area contributed by atoms with Crippen LogP contribution in [-0.4, -0.2) is 17.4 Å². The Morgan fingerprint density at radius 3 is 2.43 bits per heavy atom. The highest BCUT2D eigenvalue weighted by Gasteiger charge is 2.46. The molecule has 3 nitrogen and oxygen atoms in total. The second-order valence-corrected chi connectivity index (χ2v) is 5.53. The van der Waals surface area contributed by atoms with Crippen LogP contribution in [0.3, 0.4) is 0 Å². The summed E-state index contributed by atoms with van der Waals surface area (Å²) in [4.78, 5) is 17.6. The number of carbonyl (C=O) groups is 1. The number of amides is 1. The summed E-state index contributed by atoms with van der Waals surface area (Å²) in [5.74, 6) is -3.58. The summed E-state index contributed by atoms with van der Waals surface area (Å²) in [6.07, 6.45) is 1.47. The highest BCUT2D eigenvalue weighted by Crippen LogP contribution is 2.45. The van der Waals surface area contributed by atoms with Gasteiger partial charge in [-0.15, -0.1) is 0 Å². The maximum absolute atomic E-state index is 14.4. The lowest BCUT2D eigenvalue weighted by molar-refractivity contribution is 0.0139. The predicted octanol–water partition coefficient (Wildman–Crippen LogP) is 3.99.